The van der Waals surface area contributed by atoms with Crippen molar-refractivity contribution in [3.05, 3.63) is 0 Å². The molecular weight excluding hydrogens is 227 g/mol. The van der Waals surface area contributed by atoms with Gasteiger partial charge in [0.25, 0.3) is 0 Å². The van der Waals surface area contributed by atoms with E-state index in [0.717, 1.165) is 5.09 Å². The van der Waals surface area contributed by atoms with Crippen molar-refractivity contribution in [2.45, 2.75) is 18.4 Å². The van der Waals surface area contributed by atoms with Gasteiger partial charge in [0.15, 0.2) is 0 Å². The molecule has 0 aromatic carbocycles. The first-order valence-electron chi connectivity index (χ1n) is 2.41. The molecule has 9 heteroatoms. The van der Waals surface area contributed by atoms with Crippen LogP contribution in [-0.2, 0) is 11.8 Å². The molecule has 0 aliphatic carbocycles. The predicted molar refractivity (Wildman–Crippen MR) is 33.3 cm³/mol. The lowest BCUT2D eigenvalue weighted by molar-refractivity contribution is -0.252. The van der Waals surface area contributed by atoms with E-state index in [2.05, 4.69) is 11.8 Å². The van der Waals surface area contributed by atoms with Crippen molar-refractivity contribution in [3.8, 4) is 0 Å². The van der Waals surface area contributed by atoms with Crippen molar-refractivity contribution < 1.29 is 26.3 Å². The van der Waals surface area contributed by atoms with Crippen molar-refractivity contribution in [2.24, 2.45) is 0 Å². The van der Waals surface area contributed by atoms with Crippen LogP contribution < -0.4 is 5.09 Å². The van der Waals surface area contributed by atoms with E-state index in [-0.39, 0.29) is 0 Å². The second-order valence-corrected chi connectivity index (χ2v) is 2.73. The third-order valence-corrected chi connectivity index (χ3v) is 1.52. The average molecular weight is 229 g/mol. The van der Waals surface area contributed by atoms with Crippen LogP contribution in [0.2, 0.25) is 0 Å². The molecule has 0 saturated heterocycles. The number of alkyl halides is 6. The van der Waals surface area contributed by atoms with Crippen LogP contribution >= 0.6 is 7.51 Å². The van der Waals surface area contributed by atoms with E-state index in [1.54, 1.807) is 0 Å². The first-order chi connectivity index (χ1) is 5.19. The van der Waals surface area contributed by atoms with Gasteiger partial charge in [-0.05, 0) is 11.8 Å². The summed E-state index contributed by atoms with van der Waals surface area (Å²) >= 11 is 3.93. The zero-order chi connectivity index (χ0) is 9.99. The molecule has 1 nitrogen and oxygen atoms in total. The maximum Gasteiger partial charge on any atom is 0.413 e. The highest BCUT2D eigenvalue weighted by Crippen LogP contribution is 2.33. The average Bonchev–Trinajstić information content (AvgIpc) is 1.77. The minimum Gasteiger partial charge on any atom is -0.242 e. The van der Waals surface area contributed by atoms with Gasteiger partial charge in [0.1, 0.15) is 0 Å². The molecule has 0 amide bonds. The van der Waals surface area contributed by atoms with Gasteiger partial charge in [0, 0.05) is 0 Å². The quantitative estimate of drug-likeness (QED) is 0.576. The first-order valence-corrected chi connectivity index (χ1v) is 4.31. The maximum atomic E-state index is 11.6. The van der Waals surface area contributed by atoms with Gasteiger partial charge in [-0.25, -0.2) is 5.09 Å². The Morgan fingerprint density at radius 2 is 1.33 bits per heavy atom. The zero-order valence-electron chi connectivity index (χ0n) is 5.20. The Morgan fingerprint density at radius 1 is 1.00 bits per heavy atom. The molecule has 0 rings (SSSR count). The van der Waals surface area contributed by atoms with E-state index in [0.29, 0.717) is 0 Å². The standard InChI is InChI=1S/C3H2F6NPS/c4-2(5,6)1(10-11-12)3(7,8)9/h1H,(H,10,12). The number of hydrogen-bond donors (Lipinski definition) is 1. The SMILES string of the molecule is FC(F)(F)C(NP=S)C(F)(F)F. The molecule has 0 radical (unpaired) electrons. The Morgan fingerprint density at radius 3 is 1.42 bits per heavy atom. The molecule has 1 N–H and O–H groups in total. The van der Waals surface area contributed by atoms with Crippen LogP contribution in [0.25, 0.3) is 0 Å². The van der Waals surface area contributed by atoms with Crippen LogP contribution in [0.4, 0.5) is 26.3 Å². The third kappa shape index (κ3) is 3.64. The lowest BCUT2D eigenvalue weighted by Gasteiger charge is -2.21. The van der Waals surface area contributed by atoms with Crippen LogP contribution in [-0.4, -0.2) is 18.4 Å². The Kier molecular flexibility index (Phi) is 3.87. The van der Waals surface area contributed by atoms with Crippen molar-refractivity contribution in [1.82, 2.24) is 5.09 Å². The molecule has 0 aliphatic heterocycles. The number of nitrogens with one attached hydrogen (secondary N) is 1. The molecule has 0 aromatic heterocycles. The van der Waals surface area contributed by atoms with E-state index >= 15 is 0 Å². The highest BCUT2D eigenvalue weighted by Gasteiger charge is 2.56. The van der Waals surface area contributed by atoms with E-state index in [9.17, 15) is 26.3 Å². The molecule has 0 spiro atoms. The fourth-order valence-electron chi connectivity index (χ4n) is 0.385. The Labute approximate surface area is 70.0 Å². The van der Waals surface area contributed by atoms with E-state index < -0.39 is 25.9 Å². The van der Waals surface area contributed by atoms with E-state index in [1.165, 1.54) is 0 Å². The summed E-state index contributed by atoms with van der Waals surface area (Å²) in [5, 5.41) is 1.10. The molecule has 0 heterocycles. The summed E-state index contributed by atoms with van der Waals surface area (Å²) in [6, 6.07) is -3.54. The van der Waals surface area contributed by atoms with Crippen LogP contribution in [0.3, 0.4) is 0 Å². The van der Waals surface area contributed by atoms with Gasteiger partial charge in [-0.15, -0.1) is 0 Å². The summed E-state index contributed by atoms with van der Waals surface area (Å²) in [6.45, 7) is 0. The summed E-state index contributed by atoms with van der Waals surface area (Å²) in [4.78, 5) is 0. The molecular formula is C3H2F6NPS. The van der Waals surface area contributed by atoms with Gasteiger partial charge in [-0.2, -0.15) is 26.3 Å². The molecule has 72 valence electrons. The lowest BCUT2D eigenvalue weighted by Crippen LogP contribution is -2.49. The second kappa shape index (κ2) is 3.85. The fraction of sp³-hybridized carbons (Fsp3) is 1.00. The van der Waals surface area contributed by atoms with Crippen LogP contribution in [0, 0.1) is 0 Å². The highest BCUT2D eigenvalue weighted by atomic mass is 32.4. The summed E-state index contributed by atoms with van der Waals surface area (Å²) in [5.74, 6) is 0. The van der Waals surface area contributed by atoms with Gasteiger partial charge in [0.05, 0.1) is 7.51 Å². The summed E-state index contributed by atoms with van der Waals surface area (Å²) in [6.07, 6.45) is -10.7. The topological polar surface area (TPSA) is 12.0 Å². The van der Waals surface area contributed by atoms with Crippen LogP contribution in [0.15, 0.2) is 0 Å². The van der Waals surface area contributed by atoms with Crippen molar-refractivity contribution in [3.63, 3.8) is 0 Å². The van der Waals surface area contributed by atoms with Crippen LogP contribution in [0.1, 0.15) is 0 Å². The number of rotatable bonds is 2. The van der Waals surface area contributed by atoms with Gasteiger partial charge in [-0.1, -0.05) is 0 Å². The maximum absolute atomic E-state index is 11.6. The zero-order valence-corrected chi connectivity index (χ0v) is 6.91. The molecule has 0 atom stereocenters. The minimum absolute atomic E-state index is 0.582. The third-order valence-electron chi connectivity index (χ3n) is 0.836. The molecule has 0 saturated carbocycles. The fourth-order valence-corrected chi connectivity index (χ4v) is 1.10. The summed E-state index contributed by atoms with van der Waals surface area (Å²) in [5.41, 5.74) is 0. The van der Waals surface area contributed by atoms with Gasteiger partial charge in [0.2, 0.25) is 6.04 Å². The lowest BCUT2D eigenvalue weighted by atomic mass is 10.3. The Hall–Kier alpha value is 0.0600. The monoisotopic (exact) mass is 229 g/mol. The minimum atomic E-state index is -5.36. The van der Waals surface area contributed by atoms with Gasteiger partial charge in [-0.3, -0.25) is 0 Å². The molecule has 0 aliphatic rings. The predicted octanol–water partition coefficient (Wildman–Crippen LogP) is 2.39. The normalized spacial score (nSPS) is 14.2. The van der Waals surface area contributed by atoms with Crippen molar-refractivity contribution in [2.75, 3.05) is 0 Å². The summed E-state index contributed by atoms with van der Waals surface area (Å²) in [7, 11) is -0.582. The molecule has 0 bridgehead atoms. The molecule has 0 unspecified atom stereocenters. The molecule has 0 fully saturated rings. The van der Waals surface area contributed by atoms with E-state index in [1.807, 2.05) is 0 Å². The van der Waals surface area contributed by atoms with Crippen LogP contribution in [0.5, 0.6) is 0 Å². The number of halogens is 6. The number of hydrogen-bond acceptors (Lipinski definition) is 1. The van der Waals surface area contributed by atoms with E-state index in [4.69, 9.17) is 0 Å². The van der Waals surface area contributed by atoms with Gasteiger partial charge >= 0.3 is 12.4 Å². The van der Waals surface area contributed by atoms with Gasteiger partial charge < -0.3 is 0 Å². The molecule has 12 heavy (non-hydrogen) atoms. The molecule has 0 aromatic rings. The van der Waals surface area contributed by atoms with Crippen molar-refractivity contribution >= 4 is 19.3 Å². The first kappa shape index (κ1) is 12.1. The summed E-state index contributed by atoms with van der Waals surface area (Å²) < 4.78 is 69.4. The smallest absolute Gasteiger partial charge is 0.242 e. The second-order valence-electron chi connectivity index (χ2n) is 1.74. The largest absolute Gasteiger partial charge is 0.413 e. The highest BCUT2D eigenvalue weighted by molar-refractivity contribution is 7.95. The Bertz CT molecular complexity index is 149. The van der Waals surface area contributed by atoms with Crippen molar-refractivity contribution in [1.29, 1.82) is 0 Å². The Balaban J connectivity index is 4.56.